The molecule has 0 radical (unpaired) electrons. The summed E-state index contributed by atoms with van der Waals surface area (Å²) in [7, 11) is 4.19. The molecule has 0 bridgehead atoms. The second-order valence-electron chi connectivity index (χ2n) is 6.68. The third-order valence-corrected chi connectivity index (χ3v) is 4.44. The van der Waals surface area contributed by atoms with E-state index in [-0.39, 0.29) is 5.91 Å². The Morgan fingerprint density at radius 2 is 2.29 bits per heavy atom. The van der Waals surface area contributed by atoms with Gasteiger partial charge in [-0.2, -0.15) is 5.10 Å². The molecule has 0 aromatic carbocycles. The number of carbonyl (C=O) groups is 1. The third-order valence-electron chi connectivity index (χ3n) is 4.44. The highest BCUT2D eigenvalue weighted by Crippen LogP contribution is 2.23. The zero-order chi connectivity index (χ0) is 16.9. The van der Waals surface area contributed by atoms with Gasteiger partial charge in [-0.1, -0.05) is 6.07 Å². The molecule has 3 rings (SSSR count). The number of hydrogen-bond donors (Lipinski definition) is 1. The van der Waals surface area contributed by atoms with Crippen LogP contribution in [-0.4, -0.2) is 52.8 Å². The van der Waals surface area contributed by atoms with Gasteiger partial charge in [0.15, 0.2) is 0 Å². The summed E-state index contributed by atoms with van der Waals surface area (Å²) in [6, 6.07) is 5.83. The Hall–Kier alpha value is -2.21. The maximum Gasteiger partial charge on any atom is 0.254 e. The van der Waals surface area contributed by atoms with Gasteiger partial charge in [-0.25, -0.2) is 0 Å². The number of aryl methyl sites for hydroxylation is 1. The summed E-state index contributed by atoms with van der Waals surface area (Å²) in [5.74, 6) is 0.557. The first kappa shape index (κ1) is 16.6. The van der Waals surface area contributed by atoms with Crippen LogP contribution in [0.25, 0.3) is 0 Å². The van der Waals surface area contributed by atoms with Crippen LogP contribution in [0.1, 0.15) is 28.2 Å². The third kappa shape index (κ3) is 4.00. The smallest absolute Gasteiger partial charge is 0.254 e. The molecule has 0 saturated carbocycles. The molecule has 2 aromatic heterocycles. The van der Waals surface area contributed by atoms with Crippen LogP contribution in [0, 0.1) is 5.92 Å². The van der Waals surface area contributed by atoms with Crippen molar-refractivity contribution in [3.05, 3.63) is 47.5 Å². The maximum absolute atomic E-state index is 12.5. The standard InChI is InChI=1S/C18H25N5O/c1-22(2)13-14-7-10-23-17(11-14)16(12-21-23)18(24)20-9-6-15-5-3-4-8-19-15/h3-5,8,12,14H,6-7,9-11,13H2,1-2H3,(H,20,24). The molecule has 1 aliphatic heterocycles. The van der Waals surface area contributed by atoms with E-state index in [0.717, 1.165) is 49.3 Å². The lowest BCUT2D eigenvalue weighted by atomic mass is 9.94. The lowest BCUT2D eigenvalue weighted by molar-refractivity contribution is 0.0952. The Labute approximate surface area is 142 Å². The van der Waals surface area contributed by atoms with Gasteiger partial charge in [-0.05, 0) is 45.0 Å². The molecule has 1 amide bonds. The van der Waals surface area contributed by atoms with Gasteiger partial charge in [0.05, 0.1) is 17.5 Å². The zero-order valence-corrected chi connectivity index (χ0v) is 14.4. The van der Waals surface area contributed by atoms with E-state index in [9.17, 15) is 4.79 Å². The van der Waals surface area contributed by atoms with Crippen molar-refractivity contribution in [2.45, 2.75) is 25.8 Å². The van der Waals surface area contributed by atoms with Crippen molar-refractivity contribution in [2.75, 3.05) is 27.2 Å². The minimum Gasteiger partial charge on any atom is -0.352 e. The van der Waals surface area contributed by atoms with Gasteiger partial charge in [0, 0.05) is 37.9 Å². The second kappa shape index (κ2) is 7.57. The number of amides is 1. The molecule has 6 heteroatoms. The number of nitrogens with one attached hydrogen (secondary N) is 1. The number of aromatic nitrogens is 3. The van der Waals surface area contributed by atoms with Crippen molar-refractivity contribution >= 4 is 5.91 Å². The fourth-order valence-corrected chi connectivity index (χ4v) is 3.31. The first-order valence-electron chi connectivity index (χ1n) is 8.51. The van der Waals surface area contributed by atoms with E-state index in [4.69, 9.17) is 0 Å². The Morgan fingerprint density at radius 3 is 3.04 bits per heavy atom. The Balaban J connectivity index is 1.59. The molecule has 6 nitrogen and oxygen atoms in total. The molecular formula is C18H25N5O. The van der Waals surface area contributed by atoms with Crippen LogP contribution in [-0.2, 0) is 19.4 Å². The van der Waals surface area contributed by atoms with Crippen LogP contribution in [0.15, 0.2) is 30.6 Å². The molecule has 1 N–H and O–H groups in total. The van der Waals surface area contributed by atoms with E-state index in [2.05, 4.69) is 34.4 Å². The van der Waals surface area contributed by atoms with Crippen LogP contribution in [0.5, 0.6) is 0 Å². The summed E-state index contributed by atoms with van der Waals surface area (Å²) < 4.78 is 1.99. The zero-order valence-electron chi connectivity index (χ0n) is 14.4. The van der Waals surface area contributed by atoms with Crippen LogP contribution in [0.2, 0.25) is 0 Å². The molecule has 24 heavy (non-hydrogen) atoms. The monoisotopic (exact) mass is 327 g/mol. The average molecular weight is 327 g/mol. The van der Waals surface area contributed by atoms with Gasteiger partial charge < -0.3 is 10.2 Å². The largest absolute Gasteiger partial charge is 0.352 e. The second-order valence-corrected chi connectivity index (χ2v) is 6.68. The van der Waals surface area contributed by atoms with E-state index in [0.29, 0.717) is 12.5 Å². The van der Waals surface area contributed by atoms with E-state index in [1.54, 1.807) is 12.4 Å². The highest BCUT2D eigenvalue weighted by Gasteiger charge is 2.25. The number of hydrogen-bond acceptors (Lipinski definition) is 4. The van der Waals surface area contributed by atoms with Gasteiger partial charge in [-0.15, -0.1) is 0 Å². The van der Waals surface area contributed by atoms with Gasteiger partial charge >= 0.3 is 0 Å². The quantitative estimate of drug-likeness (QED) is 0.870. The minimum absolute atomic E-state index is 0.0299. The van der Waals surface area contributed by atoms with Crippen molar-refractivity contribution in [2.24, 2.45) is 5.92 Å². The molecule has 3 heterocycles. The number of pyridine rings is 1. The lowest BCUT2D eigenvalue weighted by Crippen LogP contribution is -2.31. The summed E-state index contributed by atoms with van der Waals surface area (Å²) in [5, 5.41) is 7.38. The molecule has 0 saturated heterocycles. The fourth-order valence-electron chi connectivity index (χ4n) is 3.31. The Morgan fingerprint density at radius 1 is 1.42 bits per heavy atom. The summed E-state index contributed by atoms with van der Waals surface area (Å²) in [6.07, 6.45) is 6.26. The molecule has 1 atom stereocenters. The molecule has 0 aliphatic carbocycles. The molecule has 0 fully saturated rings. The van der Waals surface area contributed by atoms with Crippen molar-refractivity contribution in [1.29, 1.82) is 0 Å². The molecule has 0 spiro atoms. The Bertz CT molecular complexity index is 680. The summed E-state index contributed by atoms with van der Waals surface area (Å²) >= 11 is 0. The SMILES string of the molecule is CN(C)CC1CCn2ncc(C(=O)NCCc3ccccn3)c2C1. The fraction of sp³-hybridized carbons (Fsp3) is 0.500. The molecule has 1 unspecified atom stereocenters. The maximum atomic E-state index is 12.5. The predicted octanol–water partition coefficient (Wildman–Crippen LogP) is 1.37. The van der Waals surface area contributed by atoms with Crippen molar-refractivity contribution in [1.82, 2.24) is 25.0 Å². The lowest BCUT2D eigenvalue weighted by Gasteiger charge is -2.26. The summed E-state index contributed by atoms with van der Waals surface area (Å²) in [4.78, 5) is 19.0. The van der Waals surface area contributed by atoms with Crippen LogP contribution < -0.4 is 5.32 Å². The topological polar surface area (TPSA) is 63.1 Å². The van der Waals surface area contributed by atoms with Crippen molar-refractivity contribution in [3.63, 3.8) is 0 Å². The normalized spacial score (nSPS) is 16.9. The molecule has 128 valence electrons. The van der Waals surface area contributed by atoms with Gasteiger partial charge in [0.25, 0.3) is 5.91 Å². The predicted molar refractivity (Wildman–Crippen MR) is 92.9 cm³/mol. The molecule has 2 aromatic rings. The number of carbonyl (C=O) groups excluding carboxylic acids is 1. The van der Waals surface area contributed by atoms with E-state index < -0.39 is 0 Å². The van der Waals surface area contributed by atoms with Crippen LogP contribution in [0.4, 0.5) is 0 Å². The van der Waals surface area contributed by atoms with Gasteiger partial charge in [0.2, 0.25) is 0 Å². The Kier molecular flexibility index (Phi) is 5.25. The highest BCUT2D eigenvalue weighted by molar-refractivity contribution is 5.95. The number of nitrogens with zero attached hydrogens (tertiary/aromatic N) is 4. The van der Waals surface area contributed by atoms with Crippen molar-refractivity contribution < 1.29 is 4.79 Å². The van der Waals surface area contributed by atoms with Gasteiger partial charge in [-0.3, -0.25) is 14.5 Å². The molecule has 1 aliphatic rings. The first-order valence-corrected chi connectivity index (χ1v) is 8.51. The average Bonchev–Trinajstić information content (AvgIpc) is 2.98. The van der Waals surface area contributed by atoms with E-state index >= 15 is 0 Å². The number of rotatable bonds is 6. The summed E-state index contributed by atoms with van der Waals surface area (Å²) in [6.45, 7) is 2.53. The van der Waals surface area contributed by atoms with Crippen LogP contribution in [0.3, 0.4) is 0 Å². The van der Waals surface area contributed by atoms with Gasteiger partial charge in [0.1, 0.15) is 0 Å². The highest BCUT2D eigenvalue weighted by atomic mass is 16.1. The van der Waals surface area contributed by atoms with Crippen molar-refractivity contribution in [3.8, 4) is 0 Å². The minimum atomic E-state index is -0.0299. The first-order chi connectivity index (χ1) is 11.6. The van der Waals surface area contributed by atoms with E-state index in [1.165, 1.54) is 0 Å². The number of fused-ring (bicyclic) bond motifs is 1. The van der Waals surface area contributed by atoms with Crippen LogP contribution >= 0.6 is 0 Å². The van der Waals surface area contributed by atoms with E-state index in [1.807, 2.05) is 22.9 Å². The molecular weight excluding hydrogens is 302 g/mol. The summed E-state index contributed by atoms with van der Waals surface area (Å²) in [5.41, 5.74) is 2.78.